The topological polar surface area (TPSA) is 90.0 Å². The fourth-order valence-corrected chi connectivity index (χ4v) is 8.70. The first-order valence-corrected chi connectivity index (χ1v) is 16.1. The van der Waals surface area contributed by atoms with Gasteiger partial charge in [0.05, 0.1) is 6.54 Å². The van der Waals surface area contributed by atoms with E-state index < -0.39 is 16.1 Å². The van der Waals surface area contributed by atoms with E-state index in [9.17, 15) is 18.0 Å². The molecule has 5 rings (SSSR count). The van der Waals surface area contributed by atoms with Crippen LogP contribution in [-0.2, 0) is 19.6 Å². The monoisotopic (exact) mass is 598 g/mol. The van der Waals surface area contributed by atoms with Crippen LogP contribution < -0.4 is 4.72 Å². The van der Waals surface area contributed by atoms with Crippen LogP contribution in [0.1, 0.15) is 38.5 Å². The zero-order valence-electron chi connectivity index (χ0n) is 21.1. The number of hydrogen-bond donors (Lipinski definition) is 1. The maximum absolute atomic E-state index is 13.2. The van der Waals surface area contributed by atoms with Gasteiger partial charge in [0, 0.05) is 40.6 Å². The lowest BCUT2D eigenvalue weighted by molar-refractivity contribution is -0.143. The number of likely N-dealkylation sites (tertiary alicyclic amines) is 3. The highest BCUT2D eigenvalue weighted by Gasteiger charge is 2.36. The molecule has 3 fully saturated rings. The highest BCUT2D eigenvalue weighted by atomic mass is 35.5. The zero-order chi connectivity index (χ0) is 26.9. The zero-order valence-corrected chi connectivity index (χ0v) is 24.2. The molecule has 12 heteroatoms. The Morgan fingerprint density at radius 1 is 0.974 bits per heavy atom. The van der Waals surface area contributed by atoms with Crippen molar-refractivity contribution in [2.45, 2.75) is 54.8 Å². The lowest BCUT2D eigenvalue weighted by Crippen LogP contribution is -2.55. The Kier molecular flexibility index (Phi) is 8.66. The molecule has 3 aliphatic rings. The van der Waals surface area contributed by atoms with Crippen molar-refractivity contribution in [3.63, 3.8) is 0 Å². The summed E-state index contributed by atoms with van der Waals surface area (Å²) >= 11 is 13.3. The van der Waals surface area contributed by atoms with E-state index in [0.717, 1.165) is 49.4 Å². The number of rotatable bonds is 8. The van der Waals surface area contributed by atoms with Crippen LogP contribution in [-0.4, -0.2) is 86.3 Å². The summed E-state index contributed by atoms with van der Waals surface area (Å²) in [7, 11) is -3.94. The van der Waals surface area contributed by atoms with Crippen LogP contribution in [0.5, 0.6) is 0 Å². The molecule has 1 N–H and O–H groups in total. The first-order valence-electron chi connectivity index (χ1n) is 13.1. The number of carbonyl (C=O) groups is 2. The quantitative estimate of drug-likeness (QED) is 0.494. The lowest BCUT2D eigenvalue weighted by atomic mass is 10.1. The molecule has 3 aliphatic heterocycles. The molecule has 2 unspecified atom stereocenters. The van der Waals surface area contributed by atoms with Crippen molar-refractivity contribution in [2.24, 2.45) is 0 Å². The van der Waals surface area contributed by atoms with Gasteiger partial charge in [-0.15, -0.1) is 11.3 Å². The summed E-state index contributed by atoms with van der Waals surface area (Å²) in [5, 5.41) is 0.921. The van der Waals surface area contributed by atoms with Gasteiger partial charge in [-0.1, -0.05) is 23.2 Å². The van der Waals surface area contributed by atoms with E-state index in [0.29, 0.717) is 40.9 Å². The second-order valence-electron chi connectivity index (χ2n) is 10.2. The number of piperidine rings is 1. The summed E-state index contributed by atoms with van der Waals surface area (Å²) in [6.45, 7) is 4.23. The number of nitrogens with zero attached hydrogens (tertiary/aromatic N) is 3. The number of hydrogen-bond acceptors (Lipinski definition) is 6. The number of sulfonamides is 1. The lowest BCUT2D eigenvalue weighted by Gasteiger charge is -2.34. The molecule has 2 atom stereocenters. The van der Waals surface area contributed by atoms with Gasteiger partial charge in [-0.2, -0.15) is 4.72 Å². The summed E-state index contributed by atoms with van der Waals surface area (Å²) in [6, 6.07) is 7.56. The van der Waals surface area contributed by atoms with Gasteiger partial charge >= 0.3 is 0 Å². The van der Waals surface area contributed by atoms with E-state index in [1.54, 1.807) is 24.3 Å². The standard InChI is InChI=1S/C26H32Cl2N4O4S2/c27-19-13-18(14-20(28)15-19)23-7-8-25(37-23)38(35,36)29-22-6-4-11-31(26(22)34)17-24(33)32-12-3-5-21(32)16-30-9-1-2-10-30/h7-8,13-15,21-22,29H,1-6,9-12,16-17H2. The normalized spacial score (nSPS) is 22.9. The van der Waals surface area contributed by atoms with Crippen molar-refractivity contribution in [3.8, 4) is 10.4 Å². The van der Waals surface area contributed by atoms with E-state index in [1.165, 1.54) is 23.8 Å². The Morgan fingerprint density at radius 3 is 2.42 bits per heavy atom. The predicted octanol–water partition coefficient (Wildman–Crippen LogP) is 4.08. The molecule has 206 valence electrons. The van der Waals surface area contributed by atoms with Gasteiger partial charge in [-0.3, -0.25) is 9.59 Å². The van der Waals surface area contributed by atoms with Crippen LogP contribution in [0.2, 0.25) is 10.0 Å². The van der Waals surface area contributed by atoms with E-state index >= 15 is 0 Å². The third-order valence-corrected chi connectivity index (χ3v) is 11.0. The molecule has 0 aliphatic carbocycles. The number of halogens is 2. The summed E-state index contributed by atoms with van der Waals surface area (Å²) < 4.78 is 29.0. The average Bonchev–Trinajstić information content (AvgIpc) is 3.63. The van der Waals surface area contributed by atoms with Crippen molar-refractivity contribution >= 4 is 56.4 Å². The molecule has 1 aromatic carbocycles. The first kappa shape index (κ1) is 27.9. The molecule has 0 bridgehead atoms. The molecule has 2 amide bonds. The van der Waals surface area contributed by atoms with Gasteiger partial charge in [0.15, 0.2) is 0 Å². The number of nitrogens with one attached hydrogen (secondary N) is 1. The highest BCUT2D eigenvalue weighted by molar-refractivity contribution is 7.91. The summed E-state index contributed by atoms with van der Waals surface area (Å²) in [5.41, 5.74) is 0.720. The minimum absolute atomic E-state index is 0.00770. The Labute approximate surface area is 237 Å². The SMILES string of the molecule is O=C1C(NS(=O)(=O)c2ccc(-c3cc(Cl)cc(Cl)c3)s2)CCCN1CC(=O)N1CCCC1CN1CCCC1. The molecule has 3 saturated heterocycles. The Morgan fingerprint density at radius 2 is 1.68 bits per heavy atom. The maximum Gasteiger partial charge on any atom is 0.250 e. The number of carbonyl (C=O) groups excluding carboxylic acids is 2. The van der Waals surface area contributed by atoms with Gasteiger partial charge in [-0.05, 0) is 87.5 Å². The largest absolute Gasteiger partial charge is 0.337 e. The van der Waals surface area contributed by atoms with E-state index in [-0.39, 0.29) is 28.6 Å². The van der Waals surface area contributed by atoms with Gasteiger partial charge < -0.3 is 14.7 Å². The van der Waals surface area contributed by atoms with Gasteiger partial charge in [0.1, 0.15) is 10.3 Å². The van der Waals surface area contributed by atoms with Crippen LogP contribution in [0.25, 0.3) is 10.4 Å². The van der Waals surface area contributed by atoms with Crippen molar-refractivity contribution in [1.82, 2.24) is 19.4 Å². The fourth-order valence-electron chi connectivity index (χ4n) is 5.64. The Balaban J connectivity index is 1.22. The second kappa shape index (κ2) is 11.8. The van der Waals surface area contributed by atoms with Crippen LogP contribution >= 0.6 is 34.5 Å². The fraction of sp³-hybridized carbons (Fsp3) is 0.538. The highest BCUT2D eigenvalue weighted by Crippen LogP contribution is 2.34. The smallest absolute Gasteiger partial charge is 0.250 e. The molecule has 38 heavy (non-hydrogen) atoms. The van der Waals surface area contributed by atoms with Crippen LogP contribution in [0.3, 0.4) is 0 Å². The second-order valence-corrected chi connectivity index (χ2v) is 14.1. The third kappa shape index (κ3) is 6.37. The molecule has 4 heterocycles. The molecule has 1 aromatic heterocycles. The van der Waals surface area contributed by atoms with Gasteiger partial charge in [0.25, 0.3) is 10.0 Å². The predicted molar refractivity (Wildman–Crippen MR) is 150 cm³/mol. The van der Waals surface area contributed by atoms with Crippen LogP contribution in [0, 0.1) is 0 Å². The summed E-state index contributed by atoms with van der Waals surface area (Å²) in [5.74, 6) is -0.395. The van der Waals surface area contributed by atoms with Crippen LogP contribution in [0.4, 0.5) is 0 Å². The van der Waals surface area contributed by atoms with Gasteiger partial charge in [-0.25, -0.2) is 8.42 Å². The summed E-state index contributed by atoms with van der Waals surface area (Å²) in [4.78, 5) is 33.0. The Bertz CT molecular complexity index is 1280. The first-order chi connectivity index (χ1) is 18.2. The van der Waals surface area contributed by atoms with Gasteiger partial charge in [0.2, 0.25) is 11.8 Å². The summed E-state index contributed by atoms with van der Waals surface area (Å²) in [6.07, 6.45) is 5.41. The van der Waals surface area contributed by atoms with Crippen molar-refractivity contribution in [1.29, 1.82) is 0 Å². The number of benzene rings is 1. The molecule has 0 radical (unpaired) electrons. The molecule has 2 aromatic rings. The van der Waals surface area contributed by atoms with E-state index in [2.05, 4.69) is 9.62 Å². The minimum Gasteiger partial charge on any atom is -0.337 e. The molecule has 0 saturated carbocycles. The van der Waals surface area contributed by atoms with E-state index in [1.807, 2.05) is 4.90 Å². The molecule has 0 spiro atoms. The van der Waals surface area contributed by atoms with Crippen molar-refractivity contribution in [2.75, 3.05) is 39.3 Å². The minimum atomic E-state index is -3.94. The average molecular weight is 600 g/mol. The third-order valence-electron chi connectivity index (χ3n) is 7.51. The maximum atomic E-state index is 13.2. The molecular formula is C26H32Cl2N4O4S2. The molecular weight excluding hydrogens is 567 g/mol. The van der Waals surface area contributed by atoms with Crippen LogP contribution in [0.15, 0.2) is 34.5 Å². The van der Waals surface area contributed by atoms with Crippen molar-refractivity contribution in [3.05, 3.63) is 40.4 Å². The van der Waals surface area contributed by atoms with E-state index in [4.69, 9.17) is 23.2 Å². The Hall–Kier alpha value is -1.69. The number of amides is 2. The number of thiophene rings is 1. The van der Waals surface area contributed by atoms with Crippen molar-refractivity contribution < 1.29 is 18.0 Å². The molecule has 8 nitrogen and oxygen atoms in total.